The minimum atomic E-state index is -3.63. The Balaban J connectivity index is 0.00000544. The number of hydrogen-bond acceptors (Lipinski definition) is 7. The van der Waals surface area contributed by atoms with Gasteiger partial charge in [-0.3, -0.25) is 0 Å². The highest BCUT2D eigenvalue weighted by Crippen LogP contribution is 2.31. The molecule has 8 nitrogen and oxygen atoms in total. The Morgan fingerprint density at radius 3 is 2.33 bits per heavy atom. The van der Waals surface area contributed by atoms with Crippen molar-refractivity contribution < 1.29 is 23.0 Å². The van der Waals surface area contributed by atoms with E-state index in [0.717, 1.165) is 10.6 Å². The molecule has 1 aromatic carbocycles. The SMILES string of the molecule is C.CC(C)c1nc(N(C)S(C)(=O)=O)nc(-c2ccc(F)cc2)c1/C=C/[C@@H](O)C[C@@H](O)CC#N. The summed E-state index contributed by atoms with van der Waals surface area (Å²) >= 11 is 0. The Morgan fingerprint density at radius 2 is 1.82 bits per heavy atom. The number of nitrogens with zero attached hydrogens (tertiary/aromatic N) is 4. The van der Waals surface area contributed by atoms with Gasteiger partial charge in [-0.15, -0.1) is 0 Å². The average molecular weight is 479 g/mol. The van der Waals surface area contributed by atoms with Gasteiger partial charge >= 0.3 is 0 Å². The fourth-order valence-electron chi connectivity index (χ4n) is 2.95. The minimum Gasteiger partial charge on any atom is -0.392 e. The molecular weight excluding hydrogens is 447 g/mol. The molecule has 2 aromatic rings. The molecule has 0 aliphatic heterocycles. The Hall–Kier alpha value is -2.87. The zero-order valence-electron chi connectivity index (χ0n) is 18.4. The lowest BCUT2D eigenvalue weighted by molar-refractivity contribution is 0.107. The summed E-state index contributed by atoms with van der Waals surface area (Å²) in [6.45, 7) is 3.76. The van der Waals surface area contributed by atoms with Crippen molar-refractivity contribution in [3.05, 3.63) is 47.4 Å². The number of aliphatic hydroxyl groups is 2. The first-order chi connectivity index (χ1) is 14.9. The first-order valence-electron chi connectivity index (χ1n) is 9.97. The summed E-state index contributed by atoms with van der Waals surface area (Å²) in [6.07, 6.45) is 1.97. The third kappa shape index (κ3) is 7.60. The maximum absolute atomic E-state index is 13.5. The molecule has 2 atom stereocenters. The topological polar surface area (TPSA) is 127 Å². The van der Waals surface area contributed by atoms with E-state index in [-0.39, 0.29) is 32.1 Å². The van der Waals surface area contributed by atoms with Crippen molar-refractivity contribution in [2.75, 3.05) is 17.6 Å². The molecule has 0 saturated carbocycles. The molecule has 0 bridgehead atoms. The highest BCUT2D eigenvalue weighted by atomic mass is 32.2. The monoisotopic (exact) mass is 478 g/mol. The molecule has 1 heterocycles. The van der Waals surface area contributed by atoms with Crippen LogP contribution in [0.25, 0.3) is 17.3 Å². The Morgan fingerprint density at radius 1 is 1.21 bits per heavy atom. The number of sulfonamides is 1. The molecule has 0 spiro atoms. The van der Waals surface area contributed by atoms with E-state index >= 15 is 0 Å². The van der Waals surface area contributed by atoms with Crippen LogP contribution in [0.2, 0.25) is 0 Å². The van der Waals surface area contributed by atoms with E-state index in [4.69, 9.17) is 5.26 Å². The Labute approximate surface area is 195 Å². The highest BCUT2D eigenvalue weighted by molar-refractivity contribution is 7.92. The maximum atomic E-state index is 13.5. The predicted octanol–water partition coefficient (Wildman–Crippen LogP) is 3.48. The van der Waals surface area contributed by atoms with Gasteiger partial charge < -0.3 is 10.2 Å². The molecule has 2 N–H and O–H groups in total. The number of anilines is 1. The third-order valence-corrected chi connectivity index (χ3v) is 5.89. The largest absolute Gasteiger partial charge is 0.392 e. The van der Waals surface area contributed by atoms with Crippen LogP contribution in [0.1, 0.15) is 51.3 Å². The number of nitriles is 1. The van der Waals surface area contributed by atoms with Crippen molar-refractivity contribution in [2.45, 2.75) is 52.2 Å². The quantitative estimate of drug-likeness (QED) is 0.565. The fourth-order valence-corrected chi connectivity index (χ4v) is 3.33. The summed E-state index contributed by atoms with van der Waals surface area (Å²) < 4.78 is 38.6. The Bertz CT molecular complexity index is 1110. The second-order valence-corrected chi connectivity index (χ2v) is 9.76. The molecule has 10 heteroatoms. The molecule has 2 rings (SSSR count). The number of aromatic nitrogens is 2. The second-order valence-electron chi connectivity index (χ2n) is 7.74. The van der Waals surface area contributed by atoms with Gasteiger partial charge in [-0.05, 0) is 30.2 Å². The molecule has 0 aliphatic rings. The van der Waals surface area contributed by atoms with Crippen LogP contribution in [0.3, 0.4) is 0 Å². The number of aliphatic hydroxyl groups excluding tert-OH is 2. The standard InChI is InChI=1S/C22H27FN4O4S.CH4/c1-14(2)20-19(10-9-17(28)13-18(29)11-12-24)21(15-5-7-16(23)8-6-15)26-22(25-20)27(3)32(4,30)31;/h5-10,14,17-18,28-29H,11,13H2,1-4H3;1H4/b10-9+;/t17-,18+;/m1./s1. The zero-order valence-corrected chi connectivity index (χ0v) is 19.2. The summed E-state index contributed by atoms with van der Waals surface area (Å²) in [4.78, 5) is 8.89. The van der Waals surface area contributed by atoms with Gasteiger partial charge in [0.25, 0.3) is 0 Å². The molecular formula is C23H31FN4O4S. The lowest BCUT2D eigenvalue weighted by atomic mass is 9.97. The van der Waals surface area contributed by atoms with Gasteiger partial charge in [-0.1, -0.05) is 33.4 Å². The lowest BCUT2D eigenvalue weighted by Gasteiger charge is -2.20. The third-order valence-electron chi connectivity index (χ3n) is 4.73. The second kappa shape index (κ2) is 11.8. The van der Waals surface area contributed by atoms with Crippen LogP contribution in [0.4, 0.5) is 10.3 Å². The van der Waals surface area contributed by atoms with E-state index in [1.54, 1.807) is 6.08 Å². The lowest BCUT2D eigenvalue weighted by Crippen LogP contribution is -2.27. The van der Waals surface area contributed by atoms with Crippen molar-refractivity contribution in [1.29, 1.82) is 5.26 Å². The van der Waals surface area contributed by atoms with Crippen LogP contribution in [-0.4, -0.2) is 54.1 Å². The number of rotatable bonds is 9. The maximum Gasteiger partial charge on any atom is 0.239 e. The van der Waals surface area contributed by atoms with Crippen molar-refractivity contribution >= 4 is 22.0 Å². The molecule has 0 aliphatic carbocycles. The first kappa shape index (κ1) is 28.2. The summed E-state index contributed by atoms with van der Waals surface area (Å²) in [5.41, 5.74) is 1.98. The van der Waals surface area contributed by atoms with Gasteiger partial charge in [-0.2, -0.15) is 5.26 Å². The smallest absolute Gasteiger partial charge is 0.239 e. The van der Waals surface area contributed by atoms with E-state index in [0.29, 0.717) is 22.5 Å². The van der Waals surface area contributed by atoms with Gasteiger partial charge in [-0.25, -0.2) is 27.1 Å². The normalized spacial score (nSPS) is 13.4. The summed E-state index contributed by atoms with van der Waals surface area (Å²) in [5, 5.41) is 28.7. The van der Waals surface area contributed by atoms with E-state index < -0.39 is 28.0 Å². The van der Waals surface area contributed by atoms with Gasteiger partial charge in [0.2, 0.25) is 16.0 Å². The zero-order chi connectivity index (χ0) is 24.1. The van der Waals surface area contributed by atoms with Crippen LogP contribution in [0, 0.1) is 17.1 Å². The van der Waals surface area contributed by atoms with Gasteiger partial charge in [0.15, 0.2) is 0 Å². The van der Waals surface area contributed by atoms with Gasteiger partial charge in [0.1, 0.15) is 5.82 Å². The molecule has 0 saturated heterocycles. The molecule has 0 radical (unpaired) electrons. The molecule has 0 fully saturated rings. The summed E-state index contributed by atoms with van der Waals surface area (Å²) in [6, 6.07) is 7.44. The average Bonchev–Trinajstić information content (AvgIpc) is 2.71. The van der Waals surface area contributed by atoms with Crippen molar-refractivity contribution in [2.24, 2.45) is 0 Å². The van der Waals surface area contributed by atoms with Crippen LogP contribution >= 0.6 is 0 Å². The van der Waals surface area contributed by atoms with Crippen molar-refractivity contribution in [3.63, 3.8) is 0 Å². The van der Waals surface area contributed by atoms with Crippen LogP contribution in [0.5, 0.6) is 0 Å². The van der Waals surface area contributed by atoms with E-state index in [9.17, 15) is 23.0 Å². The molecule has 0 unspecified atom stereocenters. The molecule has 1 aromatic heterocycles. The Kier molecular flexibility index (Phi) is 10.1. The minimum absolute atomic E-state index is 0. The van der Waals surface area contributed by atoms with Crippen LogP contribution < -0.4 is 4.31 Å². The molecule has 180 valence electrons. The van der Waals surface area contributed by atoms with Crippen molar-refractivity contribution in [3.8, 4) is 17.3 Å². The highest BCUT2D eigenvalue weighted by Gasteiger charge is 2.22. The van der Waals surface area contributed by atoms with E-state index in [1.165, 1.54) is 37.4 Å². The molecule has 0 amide bonds. The first-order valence-corrected chi connectivity index (χ1v) is 11.8. The summed E-state index contributed by atoms with van der Waals surface area (Å²) in [7, 11) is -2.28. The van der Waals surface area contributed by atoms with Gasteiger partial charge in [0, 0.05) is 24.6 Å². The van der Waals surface area contributed by atoms with Crippen LogP contribution in [-0.2, 0) is 10.0 Å². The van der Waals surface area contributed by atoms with Gasteiger partial charge in [0.05, 0.1) is 42.3 Å². The van der Waals surface area contributed by atoms with Crippen LogP contribution in [0.15, 0.2) is 30.3 Å². The number of halogens is 1. The molecule has 33 heavy (non-hydrogen) atoms. The van der Waals surface area contributed by atoms with E-state index in [1.807, 2.05) is 19.9 Å². The van der Waals surface area contributed by atoms with E-state index in [2.05, 4.69) is 9.97 Å². The number of benzene rings is 1. The summed E-state index contributed by atoms with van der Waals surface area (Å²) in [5.74, 6) is -0.595. The number of hydrogen-bond donors (Lipinski definition) is 2. The predicted molar refractivity (Wildman–Crippen MR) is 127 cm³/mol. The van der Waals surface area contributed by atoms with Crippen molar-refractivity contribution in [1.82, 2.24) is 9.97 Å². The fraction of sp³-hybridized carbons (Fsp3) is 0.435.